The van der Waals surface area contributed by atoms with Crippen LogP contribution in [0.5, 0.6) is 11.5 Å². The number of hydrogen-bond donors (Lipinski definition) is 2. The number of likely N-dealkylation sites (tertiary alicyclic amines) is 1. The summed E-state index contributed by atoms with van der Waals surface area (Å²) in [5.74, 6) is 0.461. The molecule has 2 aliphatic rings. The smallest absolute Gasteiger partial charge is 0.257 e. The number of H-pyrrole nitrogens is 1. The third-order valence-electron chi connectivity index (χ3n) is 6.71. The second kappa shape index (κ2) is 7.51. The minimum atomic E-state index is -0.581. The maximum Gasteiger partial charge on any atom is 0.257 e. The molecule has 1 fully saturated rings. The molecule has 1 aromatic heterocycles. The monoisotopic (exact) mass is 431 g/mol. The molecule has 0 aliphatic carbocycles. The number of nitrogens with zero attached hydrogens (tertiary/aromatic N) is 2. The number of phenols is 1. The highest BCUT2D eigenvalue weighted by molar-refractivity contribution is 6.01. The summed E-state index contributed by atoms with van der Waals surface area (Å²) >= 11 is 0. The summed E-state index contributed by atoms with van der Waals surface area (Å²) < 4.78 is 6.37. The molecule has 0 radical (unpaired) electrons. The predicted molar refractivity (Wildman–Crippen MR) is 119 cm³/mol. The number of nitrogens with one attached hydrogen (secondary N) is 1. The number of aryl methyl sites for hydroxylation is 2. The van der Waals surface area contributed by atoms with Gasteiger partial charge in [0.1, 0.15) is 17.1 Å². The highest BCUT2D eigenvalue weighted by Gasteiger charge is 2.44. The van der Waals surface area contributed by atoms with E-state index in [1.165, 1.54) is 6.07 Å². The molecule has 0 atom stereocenters. The Hall–Kier alpha value is -3.61. The van der Waals surface area contributed by atoms with Crippen LogP contribution in [0.2, 0.25) is 0 Å². The minimum absolute atomic E-state index is 0.0533. The SMILES string of the molecule is Cc1cc2c(cc1C)C(=O)CC1(CCN(C(=O)c3cc(-c4ccn[nH]4)ccc3O)CC1)O2. The molecule has 3 heterocycles. The molecular weight excluding hydrogens is 406 g/mol. The molecule has 2 aliphatic heterocycles. The summed E-state index contributed by atoms with van der Waals surface area (Å²) in [4.78, 5) is 27.8. The molecule has 164 valence electrons. The summed E-state index contributed by atoms with van der Waals surface area (Å²) in [5, 5.41) is 17.1. The third-order valence-corrected chi connectivity index (χ3v) is 6.71. The van der Waals surface area contributed by atoms with E-state index in [9.17, 15) is 14.7 Å². The van der Waals surface area contributed by atoms with E-state index in [1.807, 2.05) is 32.0 Å². The minimum Gasteiger partial charge on any atom is -0.507 e. The lowest BCUT2D eigenvalue weighted by atomic mass is 9.81. The van der Waals surface area contributed by atoms with Crippen molar-refractivity contribution in [1.29, 1.82) is 0 Å². The van der Waals surface area contributed by atoms with Crippen LogP contribution in [0.4, 0.5) is 0 Å². The first kappa shape index (κ1) is 20.3. The molecule has 1 spiro atoms. The van der Waals surface area contributed by atoms with E-state index in [4.69, 9.17) is 4.74 Å². The van der Waals surface area contributed by atoms with E-state index in [1.54, 1.807) is 23.2 Å². The van der Waals surface area contributed by atoms with Gasteiger partial charge in [-0.3, -0.25) is 14.7 Å². The van der Waals surface area contributed by atoms with Gasteiger partial charge in [0.25, 0.3) is 5.91 Å². The van der Waals surface area contributed by atoms with Crippen LogP contribution >= 0.6 is 0 Å². The van der Waals surface area contributed by atoms with Crippen molar-refractivity contribution < 1.29 is 19.4 Å². The average molecular weight is 431 g/mol. The molecule has 0 bridgehead atoms. The zero-order valence-corrected chi connectivity index (χ0v) is 18.1. The predicted octanol–water partition coefficient (Wildman–Crippen LogP) is 4.04. The van der Waals surface area contributed by atoms with Crippen molar-refractivity contribution in [1.82, 2.24) is 15.1 Å². The number of hydrogen-bond acceptors (Lipinski definition) is 5. The van der Waals surface area contributed by atoms with Gasteiger partial charge in [-0.1, -0.05) is 0 Å². The number of Topliss-reactive ketones (excluding diaryl/α,β-unsaturated/α-hetero) is 1. The lowest BCUT2D eigenvalue weighted by Gasteiger charge is -2.44. The Bertz CT molecular complexity index is 1210. The van der Waals surface area contributed by atoms with Crippen molar-refractivity contribution >= 4 is 11.7 Å². The molecule has 0 saturated carbocycles. The Labute approximate surface area is 186 Å². The number of phenolic OH excluding ortho intramolecular Hbond substituents is 1. The number of fused-ring (bicyclic) bond motifs is 1. The summed E-state index contributed by atoms with van der Waals surface area (Å²) in [6, 6.07) is 10.6. The highest BCUT2D eigenvalue weighted by atomic mass is 16.5. The lowest BCUT2D eigenvalue weighted by molar-refractivity contribution is -0.00579. The number of rotatable bonds is 2. The van der Waals surface area contributed by atoms with Crippen LogP contribution in [-0.4, -0.2) is 50.6 Å². The molecule has 2 aromatic carbocycles. The van der Waals surface area contributed by atoms with Gasteiger partial charge in [-0.15, -0.1) is 0 Å². The van der Waals surface area contributed by atoms with E-state index in [0.29, 0.717) is 43.7 Å². The molecule has 1 amide bonds. The number of amides is 1. The molecule has 7 heteroatoms. The fourth-order valence-corrected chi connectivity index (χ4v) is 4.61. The van der Waals surface area contributed by atoms with Gasteiger partial charge in [0.15, 0.2) is 5.78 Å². The van der Waals surface area contributed by atoms with Gasteiger partial charge in [-0.05, 0) is 61.4 Å². The maximum atomic E-state index is 13.2. The van der Waals surface area contributed by atoms with E-state index >= 15 is 0 Å². The zero-order chi connectivity index (χ0) is 22.5. The van der Waals surface area contributed by atoms with E-state index < -0.39 is 5.60 Å². The highest BCUT2D eigenvalue weighted by Crippen LogP contribution is 2.40. The molecule has 5 rings (SSSR count). The Morgan fingerprint density at radius 3 is 2.59 bits per heavy atom. The van der Waals surface area contributed by atoms with Crippen LogP contribution in [0, 0.1) is 13.8 Å². The van der Waals surface area contributed by atoms with Crippen LogP contribution < -0.4 is 4.74 Å². The van der Waals surface area contributed by atoms with Crippen LogP contribution in [0.15, 0.2) is 42.6 Å². The Kier molecular flexibility index (Phi) is 4.77. The number of aromatic hydroxyl groups is 1. The van der Waals surface area contributed by atoms with E-state index in [2.05, 4.69) is 10.2 Å². The Morgan fingerprint density at radius 2 is 1.88 bits per heavy atom. The Balaban J connectivity index is 1.34. The van der Waals surface area contributed by atoms with Gasteiger partial charge in [0, 0.05) is 37.7 Å². The maximum absolute atomic E-state index is 13.2. The van der Waals surface area contributed by atoms with Gasteiger partial charge in [-0.2, -0.15) is 5.10 Å². The first-order valence-corrected chi connectivity index (χ1v) is 10.8. The summed E-state index contributed by atoms with van der Waals surface area (Å²) in [5.41, 5.74) is 4.05. The largest absolute Gasteiger partial charge is 0.507 e. The molecule has 7 nitrogen and oxygen atoms in total. The van der Waals surface area contributed by atoms with Crippen LogP contribution in [-0.2, 0) is 0 Å². The number of ketones is 1. The second-order valence-corrected chi connectivity index (χ2v) is 8.81. The molecule has 2 N–H and O–H groups in total. The van der Waals surface area contributed by atoms with E-state index in [0.717, 1.165) is 22.4 Å². The molecule has 3 aromatic rings. The summed E-state index contributed by atoms with van der Waals surface area (Å²) in [6.07, 6.45) is 3.10. The van der Waals surface area contributed by atoms with Crippen molar-refractivity contribution in [3.63, 3.8) is 0 Å². The number of carbonyl (C=O) groups excluding carboxylic acids is 2. The first-order valence-electron chi connectivity index (χ1n) is 10.8. The van der Waals surface area contributed by atoms with Crippen molar-refractivity contribution in [2.24, 2.45) is 0 Å². The molecule has 32 heavy (non-hydrogen) atoms. The second-order valence-electron chi connectivity index (χ2n) is 8.81. The molecular formula is C25H25N3O4. The molecule has 0 unspecified atom stereocenters. The lowest BCUT2D eigenvalue weighted by Crippen LogP contribution is -2.52. The van der Waals surface area contributed by atoms with E-state index in [-0.39, 0.29) is 23.0 Å². The number of aromatic nitrogens is 2. The standard InChI is InChI=1S/C25H25N3O4/c1-15-11-18-22(30)14-25(32-23(18)12-16(15)2)6-9-28(10-7-25)24(31)19-13-17(3-4-21(19)29)20-5-8-26-27-20/h3-5,8,11-13,29H,6-7,9-10,14H2,1-2H3,(H,26,27). The Morgan fingerprint density at radius 1 is 1.12 bits per heavy atom. The van der Waals surface area contributed by atoms with Crippen LogP contribution in [0.3, 0.4) is 0 Å². The van der Waals surface area contributed by atoms with Gasteiger partial charge in [0.2, 0.25) is 0 Å². The number of piperidine rings is 1. The van der Waals surface area contributed by atoms with Gasteiger partial charge >= 0.3 is 0 Å². The van der Waals surface area contributed by atoms with Crippen LogP contribution in [0.1, 0.15) is 51.1 Å². The van der Waals surface area contributed by atoms with Gasteiger partial charge in [-0.25, -0.2) is 0 Å². The number of aromatic amines is 1. The summed E-state index contributed by atoms with van der Waals surface area (Å²) in [7, 11) is 0. The van der Waals surface area contributed by atoms with Crippen molar-refractivity contribution in [3.05, 3.63) is 64.8 Å². The third kappa shape index (κ3) is 3.43. The fraction of sp³-hybridized carbons (Fsp3) is 0.320. The first-order chi connectivity index (χ1) is 15.3. The normalized spacial score (nSPS) is 17.2. The van der Waals surface area contributed by atoms with Crippen molar-refractivity contribution in [2.75, 3.05) is 13.1 Å². The topological polar surface area (TPSA) is 95.5 Å². The number of ether oxygens (including phenoxy) is 1. The van der Waals surface area contributed by atoms with Crippen molar-refractivity contribution in [3.8, 4) is 22.8 Å². The van der Waals surface area contributed by atoms with Gasteiger partial charge in [0.05, 0.1) is 23.2 Å². The molecule has 1 saturated heterocycles. The van der Waals surface area contributed by atoms with Crippen molar-refractivity contribution in [2.45, 2.75) is 38.7 Å². The number of carbonyl (C=O) groups is 2. The quantitative estimate of drug-likeness (QED) is 0.639. The zero-order valence-electron chi connectivity index (χ0n) is 18.1. The fourth-order valence-electron chi connectivity index (χ4n) is 4.61. The van der Waals surface area contributed by atoms with Gasteiger partial charge < -0.3 is 14.7 Å². The number of benzene rings is 2. The van der Waals surface area contributed by atoms with Crippen LogP contribution in [0.25, 0.3) is 11.3 Å². The average Bonchev–Trinajstić information content (AvgIpc) is 3.31. The summed E-state index contributed by atoms with van der Waals surface area (Å²) in [6.45, 7) is 4.92.